The van der Waals surface area contributed by atoms with Crippen molar-refractivity contribution in [2.75, 3.05) is 0 Å². The Labute approximate surface area is 125 Å². The van der Waals surface area contributed by atoms with Gasteiger partial charge in [-0.05, 0) is 63.9 Å². The molecule has 19 heavy (non-hydrogen) atoms. The van der Waals surface area contributed by atoms with Gasteiger partial charge in [-0.15, -0.1) is 0 Å². The van der Waals surface area contributed by atoms with Crippen molar-refractivity contribution < 1.29 is 0 Å². The van der Waals surface area contributed by atoms with Gasteiger partial charge in [-0.1, -0.05) is 18.2 Å². The molecular formula is C16H11IN2. The highest BCUT2D eigenvalue weighted by Crippen LogP contribution is 2.19. The number of fused-ring (bicyclic) bond motifs is 1. The minimum absolute atomic E-state index is 0.704. The molecule has 0 bridgehead atoms. The Morgan fingerprint density at radius 1 is 1.05 bits per heavy atom. The van der Waals surface area contributed by atoms with Crippen molar-refractivity contribution in [3.05, 3.63) is 69.4 Å². The number of aromatic nitrogens is 1. The van der Waals surface area contributed by atoms with Crippen molar-refractivity contribution in [2.45, 2.75) is 6.54 Å². The predicted molar refractivity (Wildman–Crippen MR) is 84.9 cm³/mol. The van der Waals surface area contributed by atoms with E-state index in [0.29, 0.717) is 5.56 Å². The summed E-state index contributed by atoms with van der Waals surface area (Å²) >= 11 is 2.31. The lowest BCUT2D eigenvalue weighted by Gasteiger charge is -2.06. The molecule has 3 rings (SSSR count). The average Bonchev–Trinajstić information content (AvgIpc) is 2.84. The smallest absolute Gasteiger partial charge is 0.0992 e. The van der Waals surface area contributed by atoms with Gasteiger partial charge in [-0.2, -0.15) is 5.26 Å². The molecule has 0 spiro atoms. The Morgan fingerprint density at radius 3 is 2.58 bits per heavy atom. The van der Waals surface area contributed by atoms with Crippen molar-refractivity contribution in [2.24, 2.45) is 0 Å². The third-order valence-corrected chi connectivity index (χ3v) is 3.89. The van der Waals surface area contributed by atoms with E-state index < -0.39 is 0 Å². The van der Waals surface area contributed by atoms with Gasteiger partial charge < -0.3 is 4.57 Å². The maximum atomic E-state index is 8.99. The summed E-state index contributed by atoms with van der Waals surface area (Å²) < 4.78 is 3.42. The quantitative estimate of drug-likeness (QED) is 0.633. The van der Waals surface area contributed by atoms with Crippen LogP contribution in [0.15, 0.2) is 54.7 Å². The van der Waals surface area contributed by atoms with Gasteiger partial charge in [0.05, 0.1) is 11.6 Å². The summed E-state index contributed by atoms with van der Waals surface area (Å²) in [7, 11) is 0. The van der Waals surface area contributed by atoms with Crippen LogP contribution in [0.1, 0.15) is 11.1 Å². The Bertz CT molecular complexity index is 764. The Morgan fingerprint density at radius 2 is 1.84 bits per heavy atom. The molecular weight excluding hydrogens is 347 g/mol. The summed E-state index contributed by atoms with van der Waals surface area (Å²) in [5.74, 6) is 0. The van der Waals surface area contributed by atoms with Gasteiger partial charge in [0, 0.05) is 21.8 Å². The maximum Gasteiger partial charge on any atom is 0.0992 e. The zero-order chi connectivity index (χ0) is 13.2. The van der Waals surface area contributed by atoms with Crippen molar-refractivity contribution >= 4 is 33.5 Å². The summed E-state index contributed by atoms with van der Waals surface area (Å²) in [6.45, 7) is 0.829. The number of halogens is 1. The van der Waals surface area contributed by atoms with Crippen molar-refractivity contribution in [1.29, 1.82) is 5.26 Å². The second-order valence-corrected chi connectivity index (χ2v) is 5.70. The van der Waals surface area contributed by atoms with E-state index in [1.807, 2.05) is 18.2 Å². The van der Waals surface area contributed by atoms with E-state index in [9.17, 15) is 0 Å². The minimum atomic E-state index is 0.704. The second kappa shape index (κ2) is 5.06. The molecule has 1 heterocycles. The van der Waals surface area contributed by atoms with Crippen LogP contribution in [-0.4, -0.2) is 4.57 Å². The molecule has 2 nitrogen and oxygen atoms in total. The Hall–Kier alpha value is -1.80. The number of nitriles is 1. The summed E-state index contributed by atoms with van der Waals surface area (Å²) in [4.78, 5) is 0. The molecule has 0 saturated carbocycles. The van der Waals surface area contributed by atoms with Crippen LogP contribution in [0.5, 0.6) is 0 Å². The van der Waals surface area contributed by atoms with Crippen LogP contribution in [0.25, 0.3) is 10.9 Å². The fourth-order valence-corrected chi connectivity index (χ4v) is 2.54. The van der Waals surface area contributed by atoms with E-state index in [1.165, 1.54) is 14.5 Å². The fourth-order valence-electron chi connectivity index (χ4n) is 2.18. The van der Waals surface area contributed by atoms with Crippen LogP contribution in [0.3, 0.4) is 0 Å². The largest absolute Gasteiger partial charge is 0.343 e. The first-order valence-corrected chi connectivity index (χ1v) is 7.07. The number of hydrogen-bond donors (Lipinski definition) is 0. The molecule has 92 valence electrons. The Balaban J connectivity index is 2.01. The van der Waals surface area contributed by atoms with Gasteiger partial charge in [-0.3, -0.25) is 0 Å². The molecule has 3 aromatic rings. The first-order chi connectivity index (χ1) is 9.26. The van der Waals surface area contributed by atoms with Crippen LogP contribution >= 0.6 is 22.6 Å². The average molecular weight is 358 g/mol. The van der Waals surface area contributed by atoms with Crippen LogP contribution in [0, 0.1) is 14.9 Å². The van der Waals surface area contributed by atoms with Crippen molar-refractivity contribution in [3.63, 3.8) is 0 Å². The molecule has 0 aliphatic heterocycles. The van der Waals surface area contributed by atoms with E-state index in [2.05, 4.69) is 69.8 Å². The fraction of sp³-hybridized carbons (Fsp3) is 0.0625. The van der Waals surface area contributed by atoms with Gasteiger partial charge in [-0.25, -0.2) is 0 Å². The monoisotopic (exact) mass is 358 g/mol. The molecule has 0 radical (unpaired) electrons. The lowest BCUT2D eigenvalue weighted by Crippen LogP contribution is -1.97. The van der Waals surface area contributed by atoms with Gasteiger partial charge >= 0.3 is 0 Å². The highest BCUT2D eigenvalue weighted by Gasteiger charge is 2.03. The number of nitrogens with zero attached hydrogens (tertiary/aromatic N) is 2. The zero-order valence-electron chi connectivity index (χ0n) is 10.2. The first-order valence-electron chi connectivity index (χ1n) is 6.00. The first kappa shape index (κ1) is 12.2. The minimum Gasteiger partial charge on any atom is -0.343 e. The molecule has 0 unspecified atom stereocenters. The van der Waals surface area contributed by atoms with Crippen LogP contribution in [0.4, 0.5) is 0 Å². The van der Waals surface area contributed by atoms with E-state index in [-0.39, 0.29) is 0 Å². The predicted octanol–water partition coefficient (Wildman–Crippen LogP) is 4.17. The number of benzene rings is 2. The van der Waals surface area contributed by atoms with Crippen molar-refractivity contribution in [1.82, 2.24) is 4.57 Å². The molecule has 0 saturated heterocycles. The highest BCUT2D eigenvalue weighted by molar-refractivity contribution is 14.1. The molecule has 0 amide bonds. The summed E-state index contributed by atoms with van der Waals surface area (Å²) in [5, 5.41) is 10.2. The molecule has 3 heteroatoms. The van der Waals surface area contributed by atoms with Crippen LogP contribution < -0.4 is 0 Å². The molecule has 2 aromatic carbocycles. The molecule has 0 aliphatic carbocycles. The third-order valence-electron chi connectivity index (χ3n) is 3.17. The van der Waals surface area contributed by atoms with E-state index in [0.717, 1.165) is 12.1 Å². The van der Waals surface area contributed by atoms with Crippen molar-refractivity contribution in [3.8, 4) is 6.07 Å². The second-order valence-electron chi connectivity index (χ2n) is 4.46. The third kappa shape index (κ3) is 2.49. The van der Waals surface area contributed by atoms with E-state index >= 15 is 0 Å². The summed E-state index contributed by atoms with van der Waals surface area (Å²) in [6.07, 6.45) is 2.07. The summed E-state index contributed by atoms with van der Waals surface area (Å²) in [6, 6.07) is 18.6. The lowest BCUT2D eigenvalue weighted by molar-refractivity contribution is 0.836. The van der Waals surface area contributed by atoms with Gasteiger partial charge in [0.25, 0.3) is 0 Å². The highest BCUT2D eigenvalue weighted by atomic mass is 127. The molecule has 0 fully saturated rings. The number of hydrogen-bond acceptors (Lipinski definition) is 1. The van der Waals surface area contributed by atoms with Crippen LogP contribution in [-0.2, 0) is 6.54 Å². The van der Waals surface area contributed by atoms with E-state index in [4.69, 9.17) is 5.26 Å². The molecule has 0 aliphatic rings. The Kier molecular flexibility index (Phi) is 3.26. The normalized spacial score (nSPS) is 10.5. The van der Waals surface area contributed by atoms with Gasteiger partial charge in [0.2, 0.25) is 0 Å². The van der Waals surface area contributed by atoms with Crippen LogP contribution in [0.2, 0.25) is 0 Å². The molecule has 1 aromatic heterocycles. The molecule has 0 atom stereocenters. The summed E-state index contributed by atoms with van der Waals surface area (Å²) in [5.41, 5.74) is 3.08. The number of rotatable bonds is 2. The zero-order valence-corrected chi connectivity index (χ0v) is 12.3. The van der Waals surface area contributed by atoms with Gasteiger partial charge in [0.15, 0.2) is 0 Å². The van der Waals surface area contributed by atoms with E-state index in [1.54, 1.807) is 0 Å². The topological polar surface area (TPSA) is 28.7 Å². The molecule has 0 N–H and O–H groups in total. The maximum absolute atomic E-state index is 8.99. The standard InChI is InChI=1S/C16H11IN2/c17-15-5-2-12(3-6-15)11-19-8-7-14-4-1-13(10-18)9-16(14)19/h1-9H,11H2. The lowest BCUT2D eigenvalue weighted by atomic mass is 10.2. The van der Waals surface area contributed by atoms with Gasteiger partial charge in [0.1, 0.15) is 0 Å². The SMILES string of the molecule is N#Cc1ccc2ccn(Cc3ccc(I)cc3)c2c1.